The molecule has 0 radical (unpaired) electrons. The Morgan fingerprint density at radius 1 is 1.24 bits per heavy atom. The highest BCUT2D eigenvalue weighted by atomic mass is 35.5. The lowest BCUT2D eigenvalue weighted by Crippen LogP contribution is -2.79. The van der Waals surface area contributed by atoms with E-state index < -0.39 is 34.9 Å². The zero-order chi connectivity index (χ0) is 28.9. The molecule has 6 atom stereocenters. The van der Waals surface area contributed by atoms with Crippen LogP contribution in [0.3, 0.4) is 0 Å². The highest BCUT2D eigenvalue weighted by Gasteiger charge is 2.74. The zero-order valence-electron chi connectivity index (χ0n) is 23.6. The number of benzene rings is 2. The molecule has 1 saturated heterocycles. The topological polar surface area (TPSA) is 73.2 Å². The summed E-state index contributed by atoms with van der Waals surface area (Å²) < 4.78 is 46.1. The third kappa shape index (κ3) is 4.18. The molecule has 2 bridgehead atoms. The SMILES string of the molecule is C[C@@H]1C[C@@]2(O)[C@H]3Cc4ccc(O)c5c4[C@@]2(CCN3CC2CC2)[C@@H](O5)[C@H]1N(C)C(=O)C=Cc1cccc(C(F)(F)F)c1.Cl. The van der Waals surface area contributed by atoms with Gasteiger partial charge in [-0.1, -0.05) is 25.1 Å². The van der Waals surface area contributed by atoms with Crippen molar-refractivity contribution in [1.29, 1.82) is 0 Å². The maximum atomic E-state index is 13.5. The molecule has 2 aromatic carbocycles. The molecule has 3 fully saturated rings. The van der Waals surface area contributed by atoms with Crippen molar-refractivity contribution in [1.82, 2.24) is 9.80 Å². The van der Waals surface area contributed by atoms with Gasteiger partial charge in [-0.25, -0.2) is 0 Å². The first-order chi connectivity index (χ1) is 19.4. The summed E-state index contributed by atoms with van der Waals surface area (Å²) in [6.45, 7) is 3.82. The van der Waals surface area contributed by atoms with Crippen molar-refractivity contribution in [3.05, 3.63) is 64.7 Å². The number of phenols is 1. The molecule has 1 spiro atoms. The number of amides is 1. The Bertz CT molecular complexity index is 1450. The molecule has 226 valence electrons. The van der Waals surface area contributed by atoms with Gasteiger partial charge in [0.2, 0.25) is 5.91 Å². The third-order valence-electron chi connectivity index (χ3n) is 10.5. The van der Waals surface area contributed by atoms with E-state index in [1.807, 2.05) is 13.0 Å². The lowest BCUT2D eigenvalue weighted by atomic mass is 9.46. The Kier molecular flexibility index (Phi) is 6.91. The Morgan fingerprint density at radius 3 is 2.71 bits per heavy atom. The Balaban J connectivity index is 0.00000316. The number of phenolic OH excluding ortho intramolecular Hbond substituents is 1. The molecule has 2 saturated carbocycles. The molecule has 10 heteroatoms. The van der Waals surface area contributed by atoms with Crippen molar-refractivity contribution in [3.8, 4) is 11.5 Å². The summed E-state index contributed by atoms with van der Waals surface area (Å²) in [5, 5.41) is 23.6. The molecule has 7 rings (SSSR count). The molecule has 2 aromatic rings. The molecule has 5 aliphatic rings. The van der Waals surface area contributed by atoms with Crippen LogP contribution in [0, 0.1) is 11.8 Å². The van der Waals surface area contributed by atoms with Crippen LogP contribution in [0.25, 0.3) is 6.08 Å². The van der Waals surface area contributed by atoms with Gasteiger partial charge in [-0.2, -0.15) is 13.2 Å². The second kappa shape index (κ2) is 9.89. The van der Waals surface area contributed by atoms with Crippen LogP contribution < -0.4 is 4.74 Å². The summed E-state index contributed by atoms with van der Waals surface area (Å²) in [6, 6.07) is 8.00. The van der Waals surface area contributed by atoms with Crippen molar-refractivity contribution < 1.29 is 32.9 Å². The van der Waals surface area contributed by atoms with Crippen molar-refractivity contribution in [2.45, 2.75) is 74.4 Å². The number of alkyl halides is 3. The predicted molar refractivity (Wildman–Crippen MR) is 154 cm³/mol. The highest BCUT2D eigenvalue weighted by Crippen LogP contribution is 2.66. The minimum absolute atomic E-state index is 0. The quantitative estimate of drug-likeness (QED) is 0.460. The first kappa shape index (κ1) is 29.3. The van der Waals surface area contributed by atoms with Gasteiger partial charge >= 0.3 is 6.18 Å². The number of aliphatic hydroxyl groups is 1. The largest absolute Gasteiger partial charge is 0.504 e. The minimum Gasteiger partial charge on any atom is -0.504 e. The fourth-order valence-electron chi connectivity index (χ4n) is 8.56. The van der Waals surface area contributed by atoms with Crippen LogP contribution in [0.15, 0.2) is 42.5 Å². The standard InChI is InChI=1S/C32H35F3N2O4.ClH/c1-18-16-31(40)24-15-21-9-10-23(38)28-26(21)30(31,12-13-37(24)17-20-6-7-20)29(41-28)27(18)36(2)25(39)11-8-19-4-3-5-22(14-19)32(33,34)35;/h3-5,8-11,14,18,20,24,27,29,38,40H,6-7,12-13,15-17H2,1-2H3;1H/t18-,24-,27+,29+,30+,31-;/m1./s1. The number of halogens is 4. The Hall–Kier alpha value is -2.75. The Morgan fingerprint density at radius 2 is 2.00 bits per heavy atom. The Labute approximate surface area is 249 Å². The molecule has 2 heterocycles. The van der Waals surface area contributed by atoms with Gasteiger partial charge in [0.05, 0.1) is 22.6 Å². The number of ether oxygens (including phenoxy) is 1. The van der Waals surface area contributed by atoms with Crippen LogP contribution >= 0.6 is 12.4 Å². The number of likely N-dealkylation sites (tertiary alicyclic amines) is 1. The zero-order valence-corrected chi connectivity index (χ0v) is 24.4. The summed E-state index contributed by atoms with van der Waals surface area (Å²) in [6.07, 6.45) is 1.95. The number of likely N-dealkylation sites (N-methyl/N-ethyl adjacent to an activating group) is 1. The fraction of sp³-hybridized carbons (Fsp3) is 0.531. The maximum Gasteiger partial charge on any atom is 0.416 e. The molecule has 6 nitrogen and oxygen atoms in total. The summed E-state index contributed by atoms with van der Waals surface area (Å²) in [4.78, 5) is 17.6. The fourth-order valence-corrected chi connectivity index (χ4v) is 8.56. The summed E-state index contributed by atoms with van der Waals surface area (Å²) in [5.41, 5.74) is -0.358. The first-order valence-corrected chi connectivity index (χ1v) is 14.5. The number of piperidine rings is 1. The van der Waals surface area contributed by atoms with E-state index in [1.165, 1.54) is 37.1 Å². The second-order valence-corrected chi connectivity index (χ2v) is 12.9. The molecule has 0 unspecified atom stereocenters. The number of hydrogen-bond acceptors (Lipinski definition) is 5. The molecule has 42 heavy (non-hydrogen) atoms. The normalized spacial score (nSPS) is 33.1. The van der Waals surface area contributed by atoms with Crippen molar-refractivity contribution in [2.24, 2.45) is 11.8 Å². The van der Waals surface area contributed by atoms with Crippen LogP contribution in [-0.4, -0.2) is 69.8 Å². The van der Waals surface area contributed by atoms with E-state index >= 15 is 0 Å². The average Bonchev–Trinajstić information content (AvgIpc) is 3.67. The van der Waals surface area contributed by atoms with Crippen molar-refractivity contribution in [3.63, 3.8) is 0 Å². The number of carbonyl (C=O) groups excluding carboxylic acids is 1. The van der Waals surface area contributed by atoms with E-state index in [4.69, 9.17) is 4.74 Å². The molecule has 1 amide bonds. The van der Waals surface area contributed by atoms with Crippen molar-refractivity contribution >= 4 is 24.4 Å². The molecule has 2 aliphatic heterocycles. The maximum absolute atomic E-state index is 13.5. The van der Waals surface area contributed by atoms with Gasteiger partial charge in [0.1, 0.15) is 6.10 Å². The van der Waals surface area contributed by atoms with E-state index in [-0.39, 0.29) is 41.6 Å². The lowest BCUT2D eigenvalue weighted by molar-refractivity contribution is -0.212. The number of nitrogens with zero attached hydrogens (tertiary/aromatic N) is 2. The van der Waals surface area contributed by atoms with E-state index in [0.29, 0.717) is 30.9 Å². The van der Waals surface area contributed by atoms with Gasteiger partial charge in [0.25, 0.3) is 0 Å². The molecule has 0 aromatic heterocycles. The van der Waals surface area contributed by atoms with Crippen LogP contribution in [0.1, 0.15) is 54.9 Å². The predicted octanol–water partition coefficient (Wildman–Crippen LogP) is 5.18. The van der Waals surface area contributed by atoms with Gasteiger partial charge in [-0.05, 0) is 85.9 Å². The van der Waals surface area contributed by atoms with E-state index in [0.717, 1.165) is 36.3 Å². The summed E-state index contributed by atoms with van der Waals surface area (Å²) in [7, 11) is 1.69. The lowest BCUT2D eigenvalue weighted by Gasteiger charge is -2.66. The van der Waals surface area contributed by atoms with E-state index in [9.17, 15) is 28.2 Å². The van der Waals surface area contributed by atoms with Gasteiger partial charge in [0.15, 0.2) is 11.5 Å². The summed E-state index contributed by atoms with van der Waals surface area (Å²) >= 11 is 0. The van der Waals surface area contributed by atoms with Crippen LogP contribution in [0.5, 0.6) is 11.5 Å². The average molecular weight is 605 g/mol. The highest BCUT2D eigenvalue weighted by molar-refractivity contribution is 5.92. The molecular weight excluding hydrogens is 569 g/mol. The van der Waals surface area contributed by atoms with Gasteiger partial charge in [-0.3, -0.25) is 9.69 Å². The first-order valence-electron chi connectivity index (χ1n) is 14.5. The minimum atomic E-state index is -4.47. The number of hydrogen-bond donors (Lipinski definition) is 2. The molecule has 3 aliphatic carbocycles. The molecular formula is C32H36ClF3N2O4. The molecule has 2 N–H and O–H groups in total. The second-order valence-electron chi connectivity index (χ2n) is 12.9. The monoisotopic (exact) mass is 604 g/mol. The van der Waals surface area contributed by atoms with Gasteiger partial charge < -0.3 is 19.8 Å². The number of carbonyl (C=O) groups is 1. The van der Waals surface area contributed by atoms with Crippen LogP contribution in [-0.2, 0) is 22.8 Å². The van der Waals surface area contributed by atoms with Gasteiger partial charge in [-0.15, -0.1) is 12.4 Å². The van der Waals surface area contributed by atoms with Crippen LogP contribution in [0.4, 0.5) is 13.2 Å². The third-order valence-corrected chi connectivity index (χ3v) is 10.5. The smallest absolute Gasteiger partial charge is 0.416 e. The number of rotatable bonds is 5. The van der Waals surface area contributed by atoms with E-state index in [1.54, 1.807) is 18.0 Å². The number of aromatic hydroxyl groups is 1. The van der Waals surface area contributed by atoms with Crippen LogP contribution in [0.2, 0.25) is 0 Å². The summed E-state index contributed by atoms with van der Waals surface area (Å²) in [5.74, 6) is 0.651. The van der Waals surface area contributed by atoms with Gasteiger partial charge in [0, 0.05) is 31.3 Å². The van der Waals surface area contributed by atoms with E-state index in [2.05, 4.69) is 4.90 Å². The van der Waals surface area contributed by atoms with Crippen molar-refractivity contribution in [2.75, 3.05) is 20.1 Å².